The van der Waals surface area contributed by atoms with E-state index in [1.807, 2.05) is 42.5 Å². The Morgan fingerprint density at radius 3 is 1.33 bits per heavy atom. The molecule has 0 aliphatic carbocycles. The van der Waals surface area contributed by atoms with Gasteiger partial charge < -0.3 is 10.2 Å². The Morgan fingerprint density at radius 1 is 0.761 bits per heavy atom. The van der Waals surface area contributed by atoms with Gasteiger partial charge in [0.25, 0.3) is 0 Å². The second kappa shape index (κ2) is 33.1. The summed E-state index contributed by atoms with van der Waals surface area (Å²) < 4.78 is 3.81. The molecule has 0 saturated carbocycles. The largest absolute Gasteiger partial charge is 0.481 e. The molecule has 2 aromatic rings. The Hall–Kier alpha value is -3.30. The fourth-order valence-electron chi connectivity index (χ4n) is 3.96. The van der Waals surface area contributed by atoms with Crippen molar-refractivity contribution in [1.29, 1.82) is 0 Å². The number of aryl methyl sites for hydroxylation is 2. The fraction of sp³-hybridized carbons (Fsp3) is 0.722. The molecular weight excluding hydrogens is 580 g/mol. The number of aromatic nitrogens is 6. The quantitative estimate of drug-likeness (QED) is 0.0926. The summed E-state index contributed by atoms with van der Waals surface area (Å²) in [5.74, 6) is -1.82. The van der Waals surface area contributed by atoms with Crippen molar-refractivity contribution >= 4 is 11.9 Å². The highest BCUT2D eigenvalue weighted by atomic mass is 16.4. The number of aliphatic carboxylic acids is 2. The third-order valence-corrected chi connectivity index (χ3v) is 6.30. The van der Waals surface area contributed by atoms with Crippen molar-refractivity contribution in [1.82, 2.24) is 30.0 Å². The van der Waals surface area contributed by atoms with Crippen LogP contribution in [0.2, 0.25) is 0 Å². The topological polar surface area (TPSA) is 136 Å². The molecular formula is C36H68N6O4. The first-order chi connectivity index (χ1) is 21.7. The van der Waals surface area contributed by atoms with Gasteiger partial charge in [0.1, 0.15) is 0 Å². The maximum atomic E-state index is 10.6. The normalized spacial score (nSPS) is 10.7. The standard InChI is InChI=1S/2C10H19N3.C9H18O2.C4H8.C3H4O2/c2*1-2-3-4-5-6-7-9-13-10-8-11-12-13;1-5-7(8(10)11)6-9(2,3)4;1-4(2)3;1-2-3(4)5/h2*8,10H,2-7,9H2,1H3;7H,5-6H2,1-4H3,(H,10,11);1H2,2-3H3;2H,1H2,(H,4,5). The van der Waals surface area contributed by atoms with Crippen molar-refractivity contribution in [2.75, 3.05) is 0 Å². The minimum Gasteiger partial charge on any atom is -0.481 e. The van der Waals surface area contributed by atoms with Gasteiger partial charge in [0.15, 0.2) is 0 Å². The van der Waals surface area contributed by atoms with Crippen molar-refractivity contribution in [3.05, 3.63) is 49.6 Å². The van der Waals surface area contributed by atoms with Crippen LogP contribution in [0, 0.1) is 11.3 Å². The van der Waals surface area contributed by atoms with Gasteiger partial charge in [-0.25, -0.2) is 4.79 Å². The smallest absolute Gasteiger partial charge is 0.327 e. The van der Waals surface area contributed by atoms with E-state index in [9.17, 15) is 9.59 Å². The van der Waals surface area contributed by atoms with E-state index >= 15 is 0 Å². The maximum absolute atomic E-state index is 10.6. The van der Waals surface area contributed by atoms with E-state index in [-0.39, 0.29) is 11.3 Å². The zero-order valence-electron chi connectivity index (χ0n) is 30.6. The Bertz CT molecular complexity index is 904. The van der Waals surface area contributed by atoms with Crippen molar-refractivity contribution in [3.63, 3.8) is 0 Å². The van der Waals surface area contributed by atoms with Gasteiger partial charge in [-0.05, 0) is 44.9 Å². The van der Waals surface area contributed by atoms with Gasteiger partial charge in [0.05, 0.1) is 18.3 Å². The van der Waals surface area contributed by atoms with E-state index in [4.69, 9.17) is 10.2 Å². The van der Waals surface area contributed by atoms with Gasteiger partial charge in [0, 0.05) is 31.6 Å². The highest BCUT2D eigenvalue weighted by molar-refractivity contribution is 5.78. The van der Waals surface area contributed by atoms with Crippen molar-refractivity contribution in [2.45, 2.75) is 158 Å². The van der Waals surface area contributed by atoms with Gasteiger partial charge in [-0.2, -0.15) is 0 Å². The summed E-state index contributed by atoms with van der Waals surface area (Å²) in [6.07, 6.45) is 25.6. The van der Waals surface area contributed by atoms with Gasteiger partial charge >= 0.3 is 11.9 Å². The lowest BCUT2D eigenvalue weighted by atomic mass is 9.83. The van der Waals surface area contributed by atoms with Gasteiger partial charge in [-0.3, -0.25) is 14.2 Å². The first-order valence-electron chi connectivity index (χ1n) is 17.1. The van der Waals surface area contributed by atoms with Gasteiger partial charge in [0.2, 0.25) is 0 Å². The molecule has 0 radical (unpaired) electrons. The SMILES string of the molecule is C=C(C)C.C=CC(=O)O.CCC(CC(C)(C)C)C(=O)O.CCCCCCCCn1ccnn1.CCCCCCCCn1ccnn1. The van der Waals surface area contributed by atoms with Crippen LogP contribution in [0.15, 0.2) is 49.6 Å². The van der Waals surface area contributed by atoms with E-state index in [1.54, 1.807) is 12.4 Å². The molecule has 0 spiro atoms. The van der Waals surface area contributed by atoms with Crippen LogP contribution in [0.25, 0.3) is 0 Å². The molecule has 0 amide bonds. The van der Waals surface area contributed by atoms with Crippen LogP contribution in [0.5, 0.6) is 0 Å². The lowest BCUT2D eigenvalue weighted by Gasteiger charge is -2.21. The zero-order valence-corrected chi connectivity index (χ0v) is 30.6. The third-order valence-electron chi connectivity index (χ3n) is 6.30. The first kappa shape index (κ1) is 47.1. The van der Waals surface area contributed by atoms with E-state index in [1.165, 1.54) is 82.6 Å². The molecule has 2 aromatic heterocycles. The number of hydrogen-bond donors (Lipinski definition) is 2. The van der Waals surface area contributed by atoms with E-state index < -0.39 is 11.9 Å². The average molecular weight is 649 g/mol. The van der Waals surface area contributed by atoms with Crippen LogP contribution in [-0.2, 0) is 22.7 Å². The maximum Gasteiger partial charge on any atom is 0.327 e. The number of carbonyl (C=O) groups is 2. The average Bonchev–Trinajstić information content (AvgIpc) is 3.70. The molecule has 0 aromatic carbocycles. The minimum absolute atomic E-state index is 0.124. The Balaban J connectivity index is -0.000000534. The molecule has 0 bridgehead atoms. The molecule has 2 N–H and O–H groups in total. The molecule has 1 unspecified atom stereocenters. The summed E-state index contributed by atoms with van der Waals surface area (Å²) in [6, 6.07) is 0. The second-order valence-electron chi connectivity index (χ2n) is 12.8. The molecule has 1 atom stereocenters. The number of carboxylic acid groups (broad SMARTS) is 2. The predicted molar refractivity (Wildman–Crippen MR) is 191 cm³/mol. The van der Waals surface area contributed by atoms with Crippen molar-refractivity contribution < 1.29 is 19.8 Å². The number of carboxylic acids is 2. The zero-order chi connectivity index (χ0) is 35.6. The number of unbranched alkanes of at least 4 members (excludes halogenated alkanes) is 10. The van der Waals surface area contributed by atoms with Crippen LogP contribution in [0.3, 0.4) is 0 Å². The van der Waals surface area contributed by atoms with Crippen LogP contribution in [0.1, 0.15) is 145 Å². The first-order valence-corrected chi connectivity index (χ1v) is 17.1. The molecule has 10 heteroatoms. The van der Waals surface area contributed by atoms with E-state index in [0.717, 1.165) is 32.0 Å². The minimum atomic E-state index is -0.981. The van der Waals surface area contributed by atoms with E-state index in [0.29, 0.717) is 0 Å². The summed E-state index contributed by atoms with van der Waals surface area (Å²) in [7, 11) is 0. The summed E-state index contributed by atoms with van der Waals surface area (Å²) in [5, 5.41) is 31.7. The Labute approximate surface area is 280 Å². The molecule has 0 aliphatic rings. The fourth-order valence-corrected chi connectivity index (χ4v) is 3.96. The predicted octanol–water partition coefficient (Wildman–Crippen LogP) is 9.65. The highest BCUT2D eigenvalue weighted by Crippen LogP contribution is 2.26. The van der Waals surface area contributed by atoms with Gasteiger partial charge in [-0.1, -0.05) is 128 Å². The van der Waals surface area contributed by atoms with Crippen LogP contribution in [0.4, 0.5) is 0 Å². The van der Waals surface area contributed by atoms with Gasteiger partial charge in [-0.15, -0.1) is 16.8 Å². The Kier molecular flexibility index (Phi) is 33.9. The molecule has 2 rings (SSSR count). The highest BCUT2D eigenvalue weighted by Gasteiger charge is 2.22. The van der Waals surface area contributed by atoms with Crippen molar-refractivity contribution in [3.8, 4) is 0 Å². The summed E-state index contributed by atoms with van der Waals surface area (Å²) in [6.45, 7) is 25.1. The van der Waals surface area contributed by atoms with E-state index in [2.05, 4.69) is 68.4 Å². The number of nitrogens with zero attached hydrogens (tertiary/aromatic N) is 6. The molecule has 0 aliphatic heterocycles. The Morgan fingerprint density at radius 2 is 1.11 bits per heavy atom. The number of hydrogen-bond acceptors (Lipinski definition) is 6. The number of allylic oxidation sites excluding steroid dienone is 1. The summed E-state index contributed by atoms with van der Waals surface area (Å²) in [4.78, 5) is 19.9. The molecule has 0 saturated heterocycles. The second-order valence-corrected chi connectivity index (χ2v) is 12.8. The van der Waals surface area contributed by atoms with Crippen LogP contribution >= 0.6 is 0 Å². The molecule has 0 fully saturated rings. The van der Waals surface area contributed by atoms with Crippen LogP contribution in [-0.4, -0.2) is 52.1 Å². The molecule has 266 valence electrons. The lowest BCUT2D eigenvalue weighted by molar-refractivity contribution is -0.143. The van der Waals surface area contributed by atoms with Crippen molar-refractivity contribution in [2.24, 2.45) is 11.3 Å². The lowest BCUT2D eigenvalue weighted by Crippen LogP contribution is -2.19. The monoisotopic (exact) mass is 649 g/mol. The van der Waals surface area contributed by atoms with Crippen LogP contribution < -0.4 is 0 Å². The molecule has 10 nitrogen and oxygen atoms in total. The molecule has 2 heterocycles. The summed E-state index contributed by atoms with van der Waals surface area (Å²) >= 11 is 0. The number of rotatable bonds is 18. The summed E-state index contributed by atoms with van der Waals surface area (Å²) in [5.41, 5.74) is 1.29. The molecule has 46 heavy (non-hydrogen) atoms. The third kappa shape index (κ3) is 40.7.